The quantitative estimate of drug-likeness (QED) is 0.854. The van der Waals surface area contributed by atoms with Crippen molar-refractivity contribution in [3.63, 3.8) is 0 Å². The van der Waals surface area contributed by atoms with Crippen LogP contribution in [0.15, 0.2) is 29.2 Å². The van der Waals surface area contributed by atoms with Crippen LogP contribution in [0.4, 0.5) is 13.2 Å². The van der Waals surface area contributed by atoms with E-state index in [4.69, 9.17) is 0 Å². The predicted octanol–water partition coefficient (Wildman–Crippen LogP) is 1.88. The van der Waals surface area contributed by atoms with Crippen LogP contribution in [-0.2, 0) is 10.3 Å². The Morgan fingerprint density at radius 1 is 1.19 bits per heavy atom. The van der Waals surface area contributed by atoms with E-state index >= 15 is 0 Å². The second-order valence-electron chi connectivity index (χ2n) is 2.60. The van der Waals surface area contributed by atoms with Gasteiger partial charge in [-0.3, -0.25) is 0 Å². The Hall–Kier alpha value is -0.930. The number of hydrogen-bond acceptors (Lipinski definition) is 4. The average Bonchev–Trinajstić information content (AvgIpc) is 2.03. The Kier molecular flexibility index (Phi) is 3.71. The van der Waals surface area contributed by atoms with Gasteiger partial charge in [-0.1, -0.05) is 0 Å². The third-order valence-electron chi connectivity index (χ3n) is 1.27. The molecule has 0 aliphatic rings. The van der Waals surface area contributed by atoms with Crippen molar-refractivity contribution in [2.24, 2.45) is 5.14 Å². The largest absolute Gasteiger partial charge is 0.446 e. The van der Waals surface area contributed by atoms with Gasteiger partial charge in [-0.15, -0.1) is 0 Å². The van der Waals surface area contributed by atoms with E-state index in [1.807, 2.05) is 0 Å². The lowest BCUT2D eigenvalue weighted by Gasteiger charge is -2.06. The second-order valence-corrected chi connectivity index (χ2v) is 4.89. The van der Waals surface area contributed by atoms with Gasteiger partial charge in [0.25, 0.3) is 0 Å². The SMILES string of the molecule is NS(=O)(=O)Oc1ccc(SC(F)(F)F)cc1. The van der Waals surface area contributed by atoms with Gasteiger partial charge in [-0.2, -0.15) is 26.7 Å². The van der Waals surface area contributed by atoms with Gasteiger partial charge < -0.3 is 4.18 Å². The lowest BCUT2D eigenvalue weighted by atomic mass is 10.3. The molecule has 0 aliphatic carbocycles. The number of rotatable bonds is 3. The first-order valence-electron chi connectivity index (χ1n) is 3.74. The van der Waals surface area contributed by atoms with Crippen LogP contribution in [0.3, 0.4) is 0 Å². The number of benzene rings is 1. The molecular weight excluding hydrogens is 267 g/mol. The third-order valence-corrected chi connectivity index (χ3v) is 2.43. The molecule has 0 aliphatic heterocycles. The maximum Gasteiger partial charge on any atom is 0.446 e. The molecule has 2 N–H and O–H groups in total. The smallest absolute Gasteiger partial charge is 0.371 e. The first-order chi connectivity index (χ1) is 7.16. The van der Waals surface area contributed by atoms with Crippen molar-refractivity contribution in [1.29, 1.82) is 0 Å². The summed E-state index contributed by atoms with van der Waals surface area (Å²) < 4.78 is 61.0. The molecule has 4 nitrogen and oxygen atoms in total. The normalized spacial score (nSPS) is 12.5. The molecule has 1 aromatic rings. The summed E-state index contributed by atoms with van der Waals surface area (Å²) in [5, 5.41) is 4.57. The van der Waals surface area contributed by atoms with E-state index in [0.29, 0.717) is 0 Å². The predicted molar refractivity (Wildman–Crippen MR) is 52.1 cm³/mol. The zero-order valence-corrected chi connectivity index (χ0v) is 9.19. The molecule has 0 saturated carbocycles. The topological polar surface area (TPSA) is 69.4 Å². The highest BCUT2D eigenvalue weighted by atomic mass is 32.2. The van der Waals surface area contributed by atoms with Gasteiger partial charge in [0.1, 0.15) is 5.75 Å². The minimum absolute atomic E-state index is 0.0748. The van der Waals surface area contributed by atoms with Crippen molar-refractivity contribution < 1.29 is 25.8 Å². The molecule has 0 unspecified atom stereocenters. The number of nitrogens with two attached hydrogens (primary N) is 1. The summed E-state index contributed by atoms with van der Waals surface area (Å²) in [5.74, 6) is -0.144. The molecule has 0 radical (unpaired) electrons. The summed E-state index contributed by atoms with van der Waals surface area (Å²) in [6.45, 7) is 0. The van der Waals surface area contributed by atoms with Gasteiger partial charge in [-0.25, -0.2) is 0 Å². The summed E-state index contributed by atoms with van der Waals surface area (Å²) in [5.41, 5.74) is -4.39. The fraction of sp³-hybridized carbons (Fsp3) is 0.143. The molecule has 0 aromatic heterocycles. The number of hydrogen-bond donors (Lipinski definition) is 1. The molecule has 0 heterocycles. The summed E-state index contributed by atoms with van der Waals surface area (Å²) >= 11 is -0.309. The van der Waals surface area contributed by atoms with Crippen molar-refractivity contribution in [2.75, 3.05) is 0 Å². The maximum absolute atomic E-state index is 11.9. The molecule has 1 aromatic carbocycles. The van der Waals surface area contributed by atoms with E-state index in [9.17, 15) is 21.6 Å². The molecule has 0 bridgehead atoms. The van der Waals surface area contributed by atoms with Crippen molar-refractivity contribution in [3.8, 4) is 5.75 Å². The molecular formula is C7H6F3NO3S2. The van der Waals surface area contributed by atoms with Gasteiger partial charge in [0, 0.05) is 4.90 Å². The minimum Gasteiger partial charge on any atom is -0.371 e. The van der Waals surface area contributed by atoms with Crippen LogP contribution in [0.5, 0.6) is 5.75 Å². The summed E-state index contributed by atoms with van der Waals surface area (Å²) in [6.07, 6.45) is 0. The van der Waals surface area contributed by atoms with Crippen LogP contribution in [0.1, 0.15) is 0 Å². The van der Waals surface area contributed by atoms with Crippen LogP contribution < -0.4 is 9.32 Å². The van der Waals surface area contributed by atoms with Crippen LogP contribution >= 0.6 is 11.8 Å². The highest BCUT2D eigenvalue weighted by Crippen LogP contribution is 2.37. The Labute approximate surface area is 93.8 Å². The highest BCUT2D eigenvalue weighted by molar-refractivity contribution is 8.00. The Balaban J connectivity index is 2.76. The first-order valence-corrected chi connectivity index (χ1v) is 6.02. The van der Waals surface area contributed by atoms with Crippen molar-refractivity contribution >= 4 is 22.1 Å². The molecule has 0 atom stereocenters. The molecule has 0 fully saturated rings. The van der Waals surface area contributed by atoms with Crippen LogP contribution in [0, 0.1) is 0 Å². The van der Waals surface area contributed by atoms with Gasteiger partial charge in [0.2, 0.25) is 0 Å². The first kappa shape index (κ1) is 13.1. The van der Waals surface area contributed by atoms with E-state index < -0.39 is 15.8 Å². The molecule has 16 heavy (non-hydrogen) atoms. The molecule has 90 valence electrons. The summed E-state index contributed by atoms with van der Waals surface area (Å²) in [6, 6.07) is 4.33. The van der Waals surface area contributed by atoms with E-state index in [1.54, 1.807) is 0 Å². The monoisotopic (exact) mass is 273 g/mol. The van der Waals surface area contributed by atoms with Crippen LogP contribution in [0.2, 0.25) is 0 Å². The van der Waals surface area contributed by atoms with Crippen LogP contribution in [0.25, 0.3) is 0 Å². The lowest BCUT2D eigenvalue weighted by Crippen LogP contribution is -2.18. The van der Waals surface area contributed by atoms with Gasteiger partial charge in [-0.05, 0) is 36.0 Å². The van der Waals surface area contributed by atoms with Crippen LogP contribution in [-0.4, -0.2) is 13.9 Å². The Morgan fingerprint density at radius 3 is 2.06 bits per heavy atom. The standard InChI is InChI=1S/C7H6F3NO3S2/c8-7(9,10)15-6-3-1-5(2-4-6)14-16(11,12)13/h1-4H,(H2,11,12,13). The van der Waals surface area contributed by atoms with Crippen molar-refractivity contribution in [1.82, 2.24) is 0 Å². The average molecular weight is 273 g/mol. The second kappa shape index (κ2) is 4.52. The lowest BCUT2D eigenvalue weighted by molar-refractivity contribution is -0.0328. The number of thioether (sulfide) groups is 1. The van der Waals surface area contributed by atoms with Gasteiger partial charge >= 0.3 is 15.8 Å². The molecule has 1 rings (SSSR count). The Morgan fingerprint density at radius 2 is 1.69 bits per heavy atom. The summed E-state index contributed by atoms with van der Waals surface area (Å²) in [4.78, 5) is -0.0748. The van der Waals surface area contributed by atoms with Crippen molar-refractivity contribution in [3.05, 3.63) is 24.3 Å². The molecule has 9 heteroatoms. The van der Waals surface area contributed by atoms with Gasteiger partial charge in [0.05, 0.1) is 0 Å². The number of halogens is 3. The molecule has 0 spiro atoms. The number of alkyl halides is 3. The molecule has 0 saturated heterocycles. The van der Waals surface area contributed by atoms with Gasteiger partial charge in [0.15, 0.2) is 0 Å². The maximum atomic E-state index is 11.9. The zero-order valence-electron chi connectivity index (χ0n) is 7.56. The van der Waals surface area contributed by atoms with E-state index in [-0.39, 0.29) is 22.4 Å². The third kappa shape index (κ3) is 5.24. The fourth-order valence-corrected chi connectivity index (χ4v) is 1.75. The fourth-order valence-electron chi connectivity index (χ4n) is 0.831. The Bertz CT molecular complexity index is 455. The van der Waals surface area contributed by atoms with Crippen molar-refractivity contribution in [2.45, 2.75) is 10.4 Å². The zero-order chi connectivity index (χ0) is 12.4. The van der Waals surface area contributed by atoms with E-state index in [2.05, 4.69) is 9.32 Å². The minimum atomic E-state index is -4.39. The van der Waals surface area contributed by atoms with E-state index in [0.717, 1.165) is 24.3 Å². The molecule has 0 amide bonds. The van der Waals surface area contributed by atoms with E-state index in [1.165, 1.54) is 0 Å². The highest BCUT2D eigenvalue weighted by Gasteiger charge is 2.29. The summed E-state index contributed by atoms with van der Waals surface area (Å²) in [7, 11) is -4.15.